The van der Waals surface area contributed by atoms with Gasteiger partial charge in [0, 0.05) is 11.6 Å². The first kappa shape index (κ1) is 17.3. The van der Waals surface area contributed by atoms with Gasteiger partial charge in [0.15, 0.2) is 0 Å². The molecule has 0 bridgehead atoms. The number of benzene rings is 1. The second-order valence-electron chi connectivity index (χ2n) is 6.20. The Kier molecular flexibility index (Phi) is 6.02. The summed E-state index contributed by atoms with van der Waals surface area (Å²) in [4.78, 5) is 24.0. The molecule has 1 aromatic carbocycles. The third-order valence-corrected chi connectivity index (χ3v) is 4.57. The minimum atomic E-state index is -0.821. The number of ether oxygens (including phenoxy) is 1. The zero-order chi connectivity index (χ0) is 16.8. The SMILES string of the molecule is COc1cc(C(=O)NC2CCCCCCC2C(=O)O)ccc1C. The molecule has 1 aliphatic rings. The van der Waals surface area contributed by atoms with Crippen LogP contribution in [-0.4, -0.2) is 30.1 Å². The van der Waals surface area contributed by atoms with E-state index < -0.39 is 11.9 Å². The van der Waals surface area contributed by atoms with Gasteiger partial charge in [-0.25, -0.2) is 0 Å². The van der Waals surface area contributed by atoms with Crippen molar-refractivity contribution in [3.63, 3.8) is 0 Å². The second-order valence-corrected chi connectivity index (χ2v) is 6.20. The standard InChI is InChI=1S/C18H25NO4/c1-12-9-10-13(11-16(12)23-2)17(20)19-15-8-6-4-3-5-7-14(15)18(21)22/h9-11,14-15H,3-8H2,1-2H3,(H,19,20)(H,21,22). The van der Waals surface area contributed by atoms with Crippen LogP contribution in [0.15, 0.2) is 18.2 Å². The van der Waals surface area contributed by atoms with Gasteiger partial charge in [0.2, 0.25) is 0 Å². The van der Waals surface area contributed by atoms with Gasteiger partial charge >= 0.3 is 5.97 Å². The number of rotatable bonds is 4. The average Bonchev–Trinajstić information content (AvgIpc) is 2.50. The zero-order valence-corrected chi connectivity index (χ0v) is 13.8. The molecule has 2 atom stereocenters. The number of amides is 1. The van der Waals surface area contributed by atoms with Crippen molar-refractivity contribution in [1.29, 1.82) is 0 Å². The number of carbonyl (C=O) groups excluding carboxylic acids is 1. The lowest BCUT2D eigenvalue weighted by molar-refractivity contribution is -0.143. The summed E-state index contributed by atoms with van der Waals surface area (Å²) in [5.41, 5.74) is 1.46. The first-order valence-electron chi connectivity index (χ1n) is 8.21. The molecule has 1 aromatic rings. The summed E-state index contributed by atoms with van der Waals surface area (Å²) in [7, 11) is 1.57. The zero-order valence-electron chi connectivity index (χ0n) is 13.8. The number of nitrogens with one attached hydrogen (secondary N) is 1. The molecule has 1 amide bonds. The minimum Gasteiger partial charge on any atom is -0.496 e. The van der Waals surface area contributed by atoms with E-state index in [4.69, 9.17) is 4.74 Å². The first-order chi connectivity index (χ1) is 11.0. The van der Waals surface area contributed by atoms with Gasteiger partial charge < -0.3 is 15.2 Å². The molecular formula is C18H25NO4. The van der Waals surface area contributed by atoms with Crippen molar-refractivity contribution in [2.45, 2.75) is 51.5 Å². The lowest BCUT2D eigenvalue weighted by Gasteiger charge is -2.27. The fraction of sp³-hybridized carbons (Fsp3) is 0.556. The van der Waals surface area contributed by atoms with Crippen molar-refractivity contribution in [2.24, 2.45) is 5.92 Å². The van der Waals surface area contributed by atoms with Gasteiger partial charge in [0.25, 0.3) is 5.91 Å². The third kappa shape index (κ3) is 4.47. The topological polar surface area (TPSA) is 75.6 Å². The molecule has 0 radical (unpaired) electrons. The van der Waals surface area contributed by atoms with Crippen molar-refractivity contribution < 1.29 is 19.4 Å². The van der Waals surface area contributed by atoms with Crippen LogP contribution in [0.1, 0.15) is 54.4 Å². The van der Waals surface area contributed by atoms with Gasteiger partial charge in [-0.3, -0.25) is 9.59 Å². The smallest absolute Gasteiger partial charge is 0.308 e. The van der Waals surface area contributed by atoms with Crippen LogP contribution in [-0.2, 0) is 4.79 Å². The van der Waals surface area contributed by atoms with Crippen molar-refractivity contribution in [2.75, 3.05) is 7.11 Å². The summed E-state index contributed by atoms with van der Waals surface area (Å²) < 4.78 is 5.25. The molecule has 0 saturated heterocycles. The Morgan fingerprint density at radius 3 is 2.52 bits per heavy atom. The largest absolute Gasteiger partial charge is 0.496 e. The van der Waals surface area contributed by atoms with Crippen LogP contribution in [0.4, 0.5) is 0 Å². The highest BCUT2D eigenvalue weighted by molar-refractivity contribution is 5.95. The first-order valence-corrected chi connectivity index (χ1v) is 8.21. The predicted octanol–water partition coefficient (Wildman–Crippen LogP) is 3.16. The molecule has 2 N–H and O–H groups in total. The third-order valence-electron chi connectivity index (χ3n) is 4.57. The summed E-state index contributed by atoms with van der Waals surface area (Å²) in [5, 5.41) is 12.4. The van der Waals surface area contributed by atoms with Crippen LogP contribution in [0.2, 0.25) is 0 Å². The molecule has 2 rings (SSSR count). The van der Waals surface area contributed by atoms with Crippen LogP contribution < -0.4 is 10.1 Å². The Labute approximate surface area is 137 Å². The molecule has 2 unspecified atom stereocenters. The Balaban J connectivity index is 2.13. The van der Waals surface area contributed by atoms with E-state index in [0.717, 1.165) is 31.2 Å². The maximum atomic E-state index is 12.5. The number of aryl methyl sites for hydroxylation is 1. The number of hydrogen-bond acceptors (Lipinski definition) is 3. The molecular weight excluding hydrogens is 294 g/mol. The van der Waals surface area contributed by atoms with Gasteiger partial charge in [-0.2, -0.15) is 0 Å². The molecule has 0 aromatic heterocycles. The van der Waals surface area contributed by atoms with Gasteiger partial charge in [-0.15, -0.1) is 0 Å². The van der Waals surface area contributed by atoms with E-state index in [-0.39, 0.29) is 11.9 Å². The summed E-state index contributed by atoms with van der Waals surface area (Å²) in [6, 6.07) is 4.96. The lowest BCUT2D eigenvalue weighted by Crippen LogP contribution is -2.43. The normalized spacial score (nSPS) is 21.8. The van der Waals surface area contributed by atoms with E-state index >= 15 is 0 Å². The Morgan fingerprint density at radius 2 is 1.87 bits per heavy atom. The number of carbonyl (C=O) groups is 2. The maximum Gasteiger partial charge on any atom is 0.308 e. The fourth-order valence-corrected chi connectivity index (χ4v) is 3.17. The summed E-state index contributed by atoms with van der Waals surface area (Å²) in [6.45, 7) is 1.91. The quantitative estimate of drug-likeness (QED) is 0.894. The molecule has 0 spiro atoms. The van der Waals surface area contributed by atoms with Crippen LogP contribution in [0.5, 0.6) is 5.75 Å². The monoisotopic (exact) mass is 319 g/mol. The van der Waals surface area contributed by atoms with Crippen molar-refractivity contribution in [3.8, 4) is 5.75 Å². The molecule has 5 heteroatoms. The van der Waals surface area contributed by atoms with Crippen LogP contribution in [0.25, 0.3) is 0 Å². The van der Waals surface area contributed by atoms with E-state index in [9.17, 15) is 14.7 Å². The Hall–Kier alpha value is -2.04. The number of methoxy groups -OCH3 is 1. The van der Waals surface area contributed by atoms with Gasteiger partial charge in [0.05, 0.1) is 13.0 Å². The van der Waals surface area contributed by atoms with Gasteiger partial charge in [-0.1, -0.05) is 31.7 Å². The molecule has 23 heavy (non-hydrogen) atoms. The van der Waals surface area contributed by atoms with Crippen molar-refractivity contribution in [3.05, 3.63) is 29.3 Å². The van der Waals surface area contributed by atoms with Crippen molar-refractivity contribution >= 4 is 11.9 Å². The van der Waals surface area contributed by atoms with Gasteiger partial charge in [0.1, 0.15) is 5.75 Å². The number of carboxylic acid groups (broad SMARTS) is 1. The van der Waals surface area contributed by atoms with E-state index in [1.807, 2.05) is 13.0 Å². The van der Waals surface area contributed by atoms with E-state index in [1.54, 1.807) is 19.2 Å². The number of aliphatic carboxylic acids is 1. The molecule has 1 saturated carbocycles. The van der Waals surface area contributed by atoms with Crippen LogP contribution >= 0.6 is 0 Å². The van der Waals surface area contributed by atoms with E-state index in [0.29, 0.717) is 24.2 Å². The molecule has 1 aliphatic carbocycles. The summed E-state index contributed by atoms with van der Waals surface area (Å²) in [6.07, 6.45) is 5.35. The molecule has 126 valence electrons. The van der Waals surface area contributed by atoms with Crippen molar-refractivity contribution in [1.82, 2.24) is 5.32 Å². The maximum absolute atomic E-state index is 12.5. The highest BCUT2D eigenvalue weighted by Gasteiger charge is 2.30. The molecule has 0 aliphatic heterocycles. The highest BCUT2D eigenvalue weighted by atomic mass is 16.5. The minimum absolute atomic E-state index is 0.236. The van der Waals surface area contributed by atoms with Crippen LogP contribution in [0, 0.1) is 12.8 Å². The Morgan fingerprint density at radius 1 is 1.17 bits per heavy atom. The Bertz CT molecular complexity index is 570. The fourth-order valence-electron chi connectivity index (χ4n) is 3.17. The molecule has 0 heterocycles. The second kappa shape index (κ2) is 7.99. The van der Waals surface area contributed by atoms with E-state index in [2.05, 4.69) is 5.32 Å². The average molecular weight is 319 g/mol. The van der Waals surface area contributed by atoms with E-state index in [1.165, 1.54) is 0 Å². The summed E-state index contributed by atoms with van der Waals surface area (Å²) >= 11 is 0. The number of carboxylic acids is 1. The lowest BCUT2D eigenvalue weighted by atomic mass is 9.86. The molecule has 5 nitrogen and oxygen atoms in total. The number of hydrogen-bond donors (Lipinski definition) is 2. The highest BCUT2D eigenvalue weighted by Crippen LogP contribution is 2.24. The summed E-state index contributed by atoms with van der Waals surface area (Å²) in [5.74, 6) is -0.907. The predicted molar refractivity (Wildman–Crippen MR) is 87.8 cm³/mol. The van der Waals surface area contributed by atoms with Gasteiger partial charge in [-0.05, 0) is 37.5 Å². The van der Waals surface area contributed by atoms with Crippen LogP contribution in [0.3, 0.4) is 0 Å². The molecule has 1 fully saturated rings.